The maximum Gasteiger partial charge on any atom is 0.335 e. The fraction of sp³-hybridized carbons (Fsp3) is 0. The van der Waals surface area contributed by atoms with Gasteiger partial charge in [-0.3, -0.25) is 0 Å². The van der Waals surface area contributed by atoms with Crippen LogP contribution in [-0.2, 0) is 0 Å². The summed E-state index contributed by atoms with van der Waals surface area (Å²) in [6, 6.07) is 2.85. The molecule has 2 rings (SSSR count). The normalized spacial score (nSPS) is 10.0. The molecule has 0 fully saturated rings. The summed E-state index contributed by atoms with van der Waals surface area (Å²) in [5, 5.41) is 12.6. The van der Waals surface area contributed by atoms with Crippen LogP contribution in [0.15, 0.2) is 31.0 Å². The van der Waals surface area contributed by atoms with Crippen molar-refractivity contribution in [2.75, 3.05) is 0 Å². The van der Waals surface area contributed by atoms with Crippen LogP contribution < -0.4 is 0 Å². The van der Waals surface area contributed by atoms with E-state index < -0.39 is 5.97 Å². The van der Waals surface area contributed by atoms with Crippen LogP contribution in [-0.4, -0.2) is 30.8 Å². The number of carboxylic acid groups (broad SMARTS) is 1. The molecule has 0 radical (unpaired) electrons. The van der Waals surface area contributed by atoms with E-state index in [2.05, 4.69) is 15.1 Å². The highest BCUT2D eigenvalue weighted by Gasteiger charge is 2.05. The predicted molar refractivity (Wildman–Crippen MR) is 46.1 cm³/mol. The number of hydrogen-bond donors (Lipinski definition) is 1. The second-order valence-corrected chi connectivity index (χ2v) is 2.55. The molecule has 0 saturated carbocycles. The molecule has 6 nitrogen and oxygen atoms in total. The first-order valence-electron chi connectivity index (χ1n) is 3.82. The first-order chi connectivity index (χ1) is 6.77. The second-order valence-electron chi connectivity index (χ2n) is 2.55. The largest absolute Gasteiger partial charge is 0.478 e. The van der Waals surface area contributed by atoms with E-state index in [1.54, 1.807) is 0 Å². The first-order valence-corrected chi connectivity index (χ1v) is 3.82. The molecule has 14 heavy (non-hydrogen) atoms. The molecule has 2 aromatic heterocycles. The van der Waals surface area contributed by atoms with Gasteiger partial charge in [0.05, 0.1) is 5.56 Å². The van der Waals surface area contributed by atoms with Gasteiger partial charge in [0, 0.05) is 6.20 Å². The van der Waals surface area contributed by atoms with Gasteiger partial charge in [-0.05, 0) is 12.1 Å². The monoisotopic (exact) mass is 190 g/mol. The number of hydrogen-bond acceptors (Lipinski definition) is 4. The van der Waals surface area contributed by atoms with E-state index in [1.165, 1.54) is 35.7 Å². The molecule has 1 N–H and O–H groups in total. The molecule has 0 unspecified atom stereocenters. The van der Waals surface area contributed by atoms with Crippen LogP contribution in [0, 0.1) is 0 Å². The molecular formula is C8H6N4O2. The molecule has 0 atom stereocenters. The van der Waals surface area contributed by atoms with Gasteiger partial charge >= 0.3 is 5.97 Å². The number of pyridine rings is 1. The van der Waals surface area contributed by atoms with Crippen LogP contribution in [0.2, 0.25) is 0 Å². The predicted octanol–water partition coefficient (Wildman–Crippen LogP) is 0.360. The SMILES string of the molecule is O=C(O)c1ccnc(-n2cncn2)c1. The van der Waals surface area contributed by atoms with Crippen molar-refractivity contribution >= 4 is 5.97 Å². The van der Waals surface area contributed by atoms with Crippen molar-refractivity contribution in [1.29, 1.82) is 0 Å². The van der Waals surface area contributed by atoms with E-state index in [4.69, 9.17) is 5.11 Å². The van der Waals surface area contributed by atoms with Gasteiger partial charge in [0.1, 0.15) is 12.7 Å². The lowest BCUT2D eigenvalue weighted by Crippen LogP contribution is -2.02. The van der Waals surface area contributed by atoms with Crippen molar-refractivity contribution in [3.63, 3.8) is 0 Å². The molecule has 0 aliphatic heterocycles. The van der Waals surface area contributed by atoms with Crippen LogP contribution in [0.1, 0.15) is 10.4 Å². The highest BCUT2D eigenvalue weighted by Crippen LogP contribution is 2.04. The number of carbonyl (C=O) groups is 1. The van der Waals surface area contributed by atoms with E-state index in [1.807, 2.05) is 0 Å². The number of nitrogens with zero attached hydrogens (tertiary/aromatic N) is 4. The minimum atomic E-state index is -0.992. The molecule has 0 aromatic carbocycles. The number of aromatic carboxylic acids is 1. The number of carboxylic acids is 1. The lowest BCUT2D eigenvalue weighted by atomic mass is 10.3. The van der Waals surface area contributed by atoms with E-state index in [0.717, 1.165) is 0 Å². The van der Waals surface area contributed by atoms with Crippen molar-refractivity contribution in [1.82, 2.24) is 19.7 Å². The van der Waals surface area contributed by atoms with Gasteiger partial charge in [-0.25, -0.2) is 19.4 Å². The summed E-state index contributed by atoms with van der Waals surface area (Å²) in [4.78, 5) is 18.3. The molecule has 0 amide bonds. The van der Waals surface area contributed by atoms with Gasteiger partial charge in [-0.15, -0.1) is 0 Å². The summed E-state index contributed by atoms with van der Waals surface area (Å²) in [7, 11) is 0. The molecule has 0 aliphatic carbocycles. The van der Waals surface area contributed by atoms with E-state index in [9.17, 15) is 4.79 Å². The van der Waals surface area contributed by atoms with E-state index >= 15 is 0 Å². The summed E-state index contributed by atoms with van der Waals surface area (Å²) >= 11 is 0. The van der Waals surface area contributed by atoms with E-state index in [-0.39, 0.29) is 5.56 Å². The van der Waals surface area contributed by atoms with Gasteiger partial charge in [-0.1, -0.05) is 0 Å². The van der Waals surface area contributed by atoms with Crippen molar-refractivity contribution < 1.29 is 9.90 Å². The standard InChI is InChI=1S/C8H6N4O2/c13-8(14)6-1-2-10-7(3-6)12-5-9-4-11-12/h1-5H,(H,13,14). The first kappa shape index (κ1) is 8.36. The Labute approximate surface area is 78.9 Å². The zero-order valence-electron chi connectivity index (χ0n) is 7.03. The van der Waals surface area contributed by atoms with Crippen molar-refractivity contribution in [3.05, 3.63) is 36.5 Å². The quantitative estimate of drug-likeness (QED) is 0.739. The van der Waals surface area contributed by atoms with Crippen LogP contribution in [0.4, 0.5) is 0 Å². The topological polar surface area (TPSA) is 80.9 Å². The van der Waals surface area contributed by atoms with Gasteiger partial charge in [0.25, 0.3) is 0 Å². The fourth-order valence-electron chi connectivity index (χ4n) is 1.00. The summed E-state index contributed by atoms with van der Waals surface area (Å²) in [5.41, 5.74) is 0.172. The lowest BCUT2D eigenvalue weighted by molar-refractivity contribution is 0.0696. The third-order valence-electron chi connectivity index (χ3n) is 1.65. The average Bonchev–Trinajstić information content (AvgIpc) is 2.71. The molecule has 0 bridgehead atoms. The van der Waals surface area contributed by atoms with Crippen LogP contribution >= 0.6 is 0 Å². The minimum Gasteiger partial charge on any atom is -0.478 e. The Kier molecular flexibility index (Phi) is 1.94. The molecule has 0 spiro atoms. The summed E-state index contributed by atoms with van der Waals surface area (Å²) in [6.45, 7) is 0. The third kappa shape index (κ3) is 1.45. The molecule has 6 heteroatoms. The molecule has 2 heterocycles. The van der Waals surface area contributed by atoms with Gasteiger partial charge in [0.2, 0.25) is 0 Å². The minimum absolute atomic E-state index is 0.172. The van der Waals surface area contributed by atoms with Crippen LogP contribution in [0.3, 0.4) is 0 Å². The van der Waals surface area contributed by atoms with E-state index in [0.29, 0.717) is 5.82 Å². The number of aromatic nitrogens is 4. The Balaban J connectivity index is 2.46. The summed E-state index contributed by atoms with van der Waals surface area (Å²) in [5.74, 6) is -0.559. The van der Waals surface area contributed by atoms with Crippen molar-refractivity contribution in [2.45, 2.75) is 0 Å². The fourth-order valence-corrected chi connectivity index (χ4v) is 1.00. The van der Waals surface area contributed by atoms with Gasteiger partial charge < -0.3 is 5.11 Å². The van der Waals surface area contributed by atoms with Crippen molar-refractivity contribution in [2.24, 2.45) is 0 Å². The Morgan fingerprint density at radius 2 is 2.36 bits per heavy atom. The zero-order chi connectivity index (χ0) is 9.97. The maximum absolute atomic E-state index is 10.6. The summed E-state index contributed by atoms with van der Waals surface area (Å²) in [6.07, 6.45) is 4.23. The smallest absolute Gasteiger partial charge is 0.335 e. The molecule has 0 aliphatic rings. The maximum atomic E-state index is 10.6. The van der Waals surface area contributed by atoms with Gasteiger partial charge in [0.15, 0.2) is 5.82 Å². The lowest BCUT2D eigenvalue weighted by Gasteiger charge is -1.99. The molecular weight excluding hydrogens is 184 g/mol. The van der Waals surface area contributed by atoms with Crippen LogP contribution in [0.25, 0.3) is 5.82 Å². The Morgan fingerprint density at radius 3 is 3.00 bits per heavy atom. The van der Waals surface area contributed by atoms with Crippen molar-refractivity contribution in [3.8, 4) is 5.82 Å². The Morgan fingerprint density at radius 1 is 1.50 bits per heavy atom. The Hall–Kier alpha value is -2.24. The average molecular weight is 190 g/mol. The Bertz CT molecular complexity index is 452. The van der Waals surface area contributed by atoms with Gasteiger partial charge in [-0.2, -0.15) is 5.10 Å². The van der Waals surface area contributed by atoms with Crippen LogP contribution in [0.5, 0.6) is 0 Å². The number of rotatable bonds is 2. The molecule has 2 aromatic rings. The molecule has 0 saturated heterocycles. The summed E-state index contributed by atoms with van der Waals surface area (Å²) < 4.78 is 1.40. The second kappa shape index (κ2) is 3.25. The highest BCUT2D eigenvalue weighted by atomic mass is 16.4. The third-order valence-corrected chi connectivity index (χ3v) is 1.65. The zero-order valence-corrected chi connectivity index (χ0v) is 7.03. The molecule has 70 valence electrons. The highest BCUT2D eigenvalue weighted by molar-refractivity contribution is 5.87.